The van der Waals surface area contributed by atoms with Gasteiger partial charge in [-0.2, -0.15) is 5.26 Å². The molecule has 1 unspecified atom stereocenters. The van der Waals surface area contributed by atoms with Gasteiger partial charge >= 0.3 is 0 Å². The van der Waals surface area contributed by atoms with E-state index in [4.69, 9.17) is 5.26 Å². The molecule has 1 heteroatoms. The summed E-state index contributed by atoms with van der Waals surface area (Å²) in [6.45, 7) is 11.0. The molecule has 1 aliphatic carbocycles. The molecule has 0 spiro atoms. The summed E-state index contributed by atoms with van der Waals surface area (Å²) >= 11 is 0. The van der Waals surface area contributed by atoms with E-state index in [9.17, 15) is 0 Å². The third kappa shape index (κ3) is 3.46. The second-order valence-corrected chi connectivity index (χ2v) is 6.08. The number of nitriles is 1. The van der Waals surface area contributed by atoms with Gasteiger partial charge in [0.1, 0.15) is 0 Å². The van der Waals surface area contributed by atoms with Gasteiger partial charge in [-0.25, -0.2) is 0 Å². The maximum absolute atomic E-state index is 8.88. The van der Waals surface area contributed by atoms with Crippen LogP contribution in [0.5, 0.6) is 0 Å². The van der Waals surface area contributed by atoms with Crippen LogP contribution in [0.2, 0.25) is 0 Å². The summed E-state index contributed by atoms with van der Waals surface area (Å²) in [5, 5.41) is 8.88. The zero-order valence-corrected chi connectivity index (χ0v) is 11.9. The lowest BCUT2D eigenvalue weighted by atomic mass is 9.67. The first-order valence-corrected chi connectivity index (χ1v) is 6.61. The van der Waals surface area contributed by atoms with Crippen LogP contribution in [0.1, 0.15) is 60.3 Å². The smallest absolute Gasteiger partial charge is 0.0943 e. The van der Waals surface area contributed by atoms with E-state index in [0.29, 0.717) is 11.3 Å². The summed E-state index contributed by atoms with van der Waals surface area (Å²) in [6.07, 6.45) is 7.14. The number of hydrogen-bond acceptors (Lipinski definition) is 1. The highest BCUT2D eigenvalue weighted by molar-refractivity contribution is 5.24. The van der Waals surface area contributed by atoms with E-state index in [2.05, 4.69) is 39.8 Å². The van der Waals surface area contributed by atoms with Gasteiger partial charge in [-0.15, -0.1) is 0 Å². The molecule has 1 nitrogen and oxygen atoms in total. The lowest BCUT2D eigenvalue weighted by Crippen LogP contribution is -2.27. The molecule has 0 amide bonds. The summed E-state index contributed by atoms with van der Waals surface area (Å²) in [6, 6.07) is 2.25. The van der Waals surface area contributed by atoms with Gasteiger partial charge in [0.05, 0.1) is 6.07 Å². The second kappa shape index (κ2) is 5.54. The maximum atomic E-state index is 8.88. The molecule has 1 aliphatic rings. The Morgan fingerprint density at radius 1 is 1.47 bits per heavy atom. The number of hydrogen-bond donors (Lipinski definition) is 0. The van der Waals surface area contributed by atoms with Crippen molar-refractivity contribution >= 4 is 0 Å². The summed E-state index contributed by atoms with van der Waals surface area (Å²) in [5.41, 5.74) is 4.10. The van der Waals surface area contributed by atoms with Crippen LogP contribution in [0.15, 0.2) is 22.8 Å². The summed E-state index contributed by atoms with van der Waals surface area (Å²) < 4.78 is 0. The van der Waals surface area contributed by atoms with Crippen LogP contribution in [0, 0.1) is 22.7 Å². The van der Waals surface area contributed by atoms with Crippen molar-refractivity contribution in [2.24, 2.45) is 11.3 Å². The third-order valence-electron chi connectivity index (χ3n) is 4.36. The van der Waals surface area contributed by atoms with Gasteiger partial charge in [0, 0.05) is 5.57 Å². The summed E-state index contributed by atoms with van der Waals surface area (Å²) in [4.78, 5) is 0. The van der Waals surface area contributed by atoms with Gasteiger partial charge in [-0.05, 0) is 57.8 Å². The molecule has 0 aromatic carbocycles. The van der Waals surface area contributed by atoms with Crippen LogP contribution in [-0.2, 0) is 0 Å². The molecular weight excluding hydrogens is 206 g/mol. The molecule has 0 aliphatic heterocycles. The van der Waals surface area contributed by atoms with Crippen LogP contribution in [-0.4, -0.2) is 0 Å². The van der Waals surface area contributed by atoms with Crippen molar-refractivity contribution in [3.63, 3.8) is 0 Å². The van der Waals surface area contributed by atoms with E-state index in [1.165, 1.54) is 24.8 Å². The van der Waals surface area contributed by atoms with Crippen molar-refractivity contribution in [2.75, 3.05) is 0 Å². The summed E-state index contributed by atoms with van der Waals surface area (Å²) in [7, 11) is 0. The highest BCUT2D eigenvalue weighted by atomic mass is 14.4. The molecule has 17 heavy (non-hydrogen) atoms. The monoisotopic (exact) mass is 231 g/mol. The molecular formula is C16H25N. The van der Waals surface area contributed by atoms with Crippen molar-refractivity contribution < 1.29 is 0 Å². The topological polar surface area (TPSA) is 23.8 Å². The van der Waals surface area contributed by atoms with Gasteiger partial charge in [0.15, 0.2) is 0 Å². The number of rotatable bonds is 3. The largest absolute Gasteiger partial charge is 0.193 e. The lowest BCUT2D eigenvalue weighted by molar-refractivity contribution is 0.204. The average Bonchev–Trinajstić information content (AvgIpc) is 2.26. The van der Waals surface area contributed by atoms with E-state index in [0.717, 1.165) is 12.0 Å². The molecule has 0 bridgehead atoms. The molecule has 0 N–H and O–H groups in total. The number of nitrogens with zero attached hydrogens (tertiary/aromatic N) is 1. The third-order valence-corrected chi connectivity index (χ3v) is 4.36. The predicted molar refractivity (Wildman–Crippen MR) is 73.5 cm³/mol. The Balaban J connectivity index is 2.71. The first kappa shape index (κ1) is 14.0. The molecule has 0 radical (unpaired) electrons. The zero-order valence-electron chi connectivity index (χ0n) is 11.9. The van der Waals surface area contributed by atoms with E-state index >= 15 is 0 Å². The fraction of sp³-hybridized carbons (Fsp3) is 0.688. The average molecular weight is 231 g/mol. The normalized spacial score (nSPS) is 24.7. The lowest BCUT2D eigenvalue weighted by Gasteiger charge is -2.38. The summed E-state index contributed by atoms with van der Waals surface area (Å²) in [5.74, 6) is 0.678. The van der Waals surface area contributed by atoms with Crippen molar-refractivity contribution in [3.05, 3.63) is 22.8 Å². The van der Waals surface area contributed by atoms with Crippen LogP contribution >= 0.6 is 0 Å². The molecule has 0 aromatic heterocycles. The molecule has 0 aromatic rings. The second-order valence-electron chi connectivity index (χ2n) is 6.08. The van der Waals surface area contributed by atoms with E-state index in [-0.39, 0.29) is 0 Å². The Morgan fingerprint density at radius 2 is 2.12 bits per heavy atom. The molecule has 0 saturated heterocycles. The Hall–Kier alpha value is -1.03. The van der Waals surface area contributed by atoms with Crippen LogP contribution in [0.4, 0.5) is 0 Å². The SMILES string of the molecule is CC1=CCCC(C)(C)C1CCC(C)=C(C)C#N. The van der Waals surface area contributed by atoms with Crippen LogP contribution in [0.3, 0.4) is 0 Å². The fourth-order valence-electron chi connectivity index (χ4n) is 2.87. The highest BCUT2D eigenvalue weighted by Gasteiger charge is 2.32. The van der Waals surface area contributed by atoms with Crippen molar-refractivity contribution in [2.45, 2.75) is 60.3 Å². The van der Waals surface area contributed by atoms with Crippen LogP contribution < -0.4 is 0 Å². The number of allylic oxidation sites excluding steroid dienone is 4. The molecule has 0 heterocycles. The predicted octanol–water partition coefficient (Wildman–Crippen LogP) is 5.01. The van der Waals surface area contributed by atoms with E-state index in [1.807, 2.05) is 6.92 Å². The molecule has 0 saturated carbocycles. The standard InChI is InChI=1S/C16H25N/c1-12(14(3)11-17)8-9-15-13(2)7-6-10-16(15,4)5/h7,15H,6,8-10H2,1-5H3. The molecule has 1 rings (SSSR count). The van der Waals surface area contributed by atoms with E-state index < -0.39 is 0 Å². The minimum Gasteiger partial charge on any atom is -0.193 e. The quantitative estimate of drug-likeness (QED) is 0.495. The van der Waals surface area contributed by atoms with Gasteiger partial charge in [0.2, 0.25) is 0 Å². The fourth-order valence-corrected chi connectivity index (χ4v) is 2.87. The van der Waals surface area contributed by atoms with Crippen molar-refractivity contribution in [1.82, 2.24) is 0 Å². The minimum absolute atomic E-state index is 0.416. The highest BCUT2D eigenvalue weighted by Crippen LogP contribution is 2.43. The van der Waals surface area contributed by atoms with E-state index in [1.54, 1.807) is 5.57 Å². The molecule has 1 atom stereocenters. The minimum atomic E-state index is 0.416. The Labute approximate surface area is 106 Å². The van der Waals surface area contributed by atoms with Crippen molar-refractivity contribution in [1.29, 1.82) is 5.26 Å². The van der Waals surface area contributed by atoms with Gasteiger partial charge in [0.25, 0.3) is 0 Å². The molecule has 0 fully saturated rings. The van der Waals surface area contributed by atoms with Gasteiger partial charge in [-0.3, -0.25) is 0 Å². The Kier molecular flexibility index (Phi) is 4.57. The van der Waals surface area contributed by atoms with Crippen molar-refractivity contribution in [3.8, 4) is 6.07 Å². The Bertz CT molecular complexity index is 377. The molecule has 94 valence electrons. The van der Waals surface area contributed by atoms with Gasteiger partial charge in [-0.1, -0.05) is 31.1 Å². The van der Waals surface area contributed by atoms with Crippen LogP contribution in [0.25, 0.3) is 0 Å². The van der Waals surface area contributed by atoms with Gasteiger partial charge < -0.3 is 0 Å². The first-order valence-electron chi connectivity index (χ1n) is 6.61. The zero-order chi connectivity index (χ0) is 13.1. The maximum Gasteiger partial charge on any atom is 0.0943 e. The Morgan fingerprint density at radius 3 is 2.65 bits per heavy atom. The first-order chi connectivity index (χ1) is 7.88.